The van der Waals surface area contributed by atoms with Crippen molar-refractivity contribution in [3.63, 3.8) is 0 Å². The second-order valence-electron chi connectivity index (χ2n) is 6.18. The van der Waals surface area contributed by atoms with Crippen LogP contribution in [0.25, 0.3) is 0 Å². The van der Waals surface area contributed by atoms with E-state index in [1.54, 1.807) is 12.1 Å². The van der Waals surface area contributed by atoms with Crippen LogP contribution in [-0.4, -0.2) is 26.2 Å². The van der Waals surface area contributed by atoms with Crippen LogP contribution < -0.4 is 10.2 Å². The Labute approximate surface area is 109 Å². The fourth-order valence-corrected chi connectivity index (χ4v) is 2.63. The van der Waals surface area contributed by atoms with Gasteiger partial charge in [-0.25, -0.2) is 4.39 Å². The van der Waals surface area contributed by atoms with Crippen molar-refractivity contribution in [3.8, 4) is 0 Å². The number of rotatable bonds is 3. The van der Waals surface area contributed by atoms with Crippen molar-refractivity contribution < 1.29 is 4.39 Å². The first-order valence-corrected chi connectivity index (χ1v) is 6.62. The normalized spacial score (nSPS) is 16.8. The number of anilines is 1. The van der Waals surface area contributed by atoms with E-state index in [9.17, 15) is 4.39 Å². The molecule has 0 bridgehead atoms. The second kappa shape index (κ2) is 4.88. The molecule has 2 rings (SSSR count). The van der Waals surface area contributed by atoms with Crippen molar-refractivity contribution in [2.75, 3.05) is 25.0 Å². The molecule has 100 valence electrons. The highest BCUT2D eigenvalue weighted by Gasteiger charge is 2.28. The number of halogens is 1. The van der Waals surface area contributed by atoms with Gasteiger partial charge in [-0.05, 0) is 36.6 Å². The molecule has 18 heavy (non-hydrogen) atoms. The average Bonchev–Trinajstić information content (AvgIpc) is 2.66. The number of nitrogens with one attached hydrogen (secondary N) is 1. The third kappa shape index (κ3) is 2.66. The van der Waals surface area contributed by atoms with Crippen LogP contribution in [0.4, 0.5) is 10.1 Å². The standard InChI is InChI=1S/C15H23FN2/c1-15(2,3)14(17-4)10-18-8-7-11-5-6-12(16)9-13(11)18/h5-6,9,14,17H,7-8,10H2,1-4H3. The lowest BCUT2D eigenvalue weighted by Crippen LogP contribution is -2.47. The maximum atomic E-state index is 13.3. The van der Waals surface area contributed by atoms with Crippen LogP contribution in [0.15, 0.2) is 18.2 Å². The Morgan fingerprint density at radius 1 is 1.39 bits per heavy atom. The van der Waals surface area contributed by atoms with Crippen molar-refractivity contribution in [1.82, 2.24) is 5.32 Å². The Bertz CT molecular complexity index is 423. The highest BCUT2D eigenvalue weighted by atomic mass is 19.1. The van der Waals surface area contributed by atoms with Crippen LogP contribution in [0, 0.1) is 11.2 Å². The smallest absolute Gasteiger partial charge is 0.125 e. The quantitative estimate of drug-likeness (QED) is 0.887. The van der Waals surface area contributed by atoms with E-state index in [0.29, 0.717) is 6.04 Å². The van der Waals surface area contributed by atoms with Gasteiger partial charge in [0.2, 0.25) is 0 Å². The first-order valence-electron chi connectivity index (χ1n) is 6.62. The molecular weight excluding hydrogens is 227 g/mol. The molecule has 0 saturated heterocycles. The van der Waals surface area contributed by atoms with E-state index in [1.165, 1.54) is 5.56 Å². The molecule has 1 aromatic rings. The predicted octanol–water partition coefficient (Wildman–Crippen LogP) is 2.82. The number of nitrogens with zero attached hydrogens (tertiary/aromatic N) is 1. The van der Waals surface area contributed by atoms with Gasteiger partial charge in [0.15, 0.2) is 0 Å². The highest BCUT2D eigenvalue weighted by Crippen LogP contribution is 2.30. The summed E-state index contributed by atoms with van der Waals surface area (Å²) in [6, 6.07) is 5.53. The van der Waals surface area contributed by atoms with E-state index < -0.39 is 0 Å². The molecule has 1 N–H and O–H groups in total. The van der Waals surface area contributed by atoms with Crippen molar-refractivity contribution in [2.45, 2.75) is 33.2 Å². The Morgan fingerprint density at radius 2 is 2.11 bits per heavy atom. The second-order valence-corrected chi connectivity index (χ2v) is 6.18. The summed E-state index contributed by atoms with van der Waals surface area (Å²) in [5.41, 5.74) is 2.53. The van der Waals surface area contributed by atoms with Crippen molar-refractivity contribution in [1.29, 1.82) is 0 Å². The zero-order chi connectivity index (χ0) is 13.3. The number of fused-ring (bicyclic) bond motifs is 1. The van der Waals surface area contributed by atoms with Gasteiger partial charge in [-0.15, -0.1) is 0 Å². The van der Waals surface area contributed by atoms with Gasteiger partial charge >= 0.3 is 0 Å². The molecule has 0 saturated carbocycles. The molecule has 0 spiro atoms. The summed E-state index contributed by atoms with van der Waals surface area (Å²) in [6.45, 7) is 8.62. The zero-order valence-electron chi connectivity index (χ0n) is 11.8. The summed E-state index contributed by atoms with van der Waals surface area (Å²) >= 11 is 0. The van der Waals surface area contributed by atoms with Gasteiger partial charge < -0.3 is 10.2 Å². The maximum absolute atomic E-state index is 13.3. The van der Waals surface area contributed by atoms with Crippen LogP contribution in [-0.2, 0) is 6.42 Å². The van der Waals surface area contributed by atoms with Crippen LogP contribution in [0.5, 0.6) is 0 Å². The summed E-state index contributed by atoms with van der Waals surface area (Å²) in [5, 5.41) is 3.38. The van der Waals surface area contributed by atoms with E-state index >= 15 is 0 Å². The van der Waals surface area contributed by atoms with E-state index in [1.807, 2.05) is 13.1 Å². The van der Waals surface area contributed by atoms with E-state index in [-0.39, 0.29) is 11.2 Å². The molecule has 2 nitrogen and oxygen atoms in total. The van der Waals surface area contributed by atoms with Crippen molar-refractivity contribution in [2.24, 2.45) is 5.41 Å². The lowest BCUT2D eigenvalue weighted by Gasteiger charge is -2.34. The topological polar surface area (TPSA) is 15.3 Å². The van der Waals surface area contributed by atoms with Crippen LogP contribution >= 0.6 is 0 Å². The lowest BCUT2D eigenvalue weighted by atomic mass is 9.86. The highest BCUT2D eigenvalue weighted by molar-refractivity contribution is 5.58. The molecule has 0 radical (unpaired) electrons. The maximum Gasteiger partial charge on any atom is 0.125 e. The van der Waals surface area contributed by atoms with Gasteiger partial charge in [-0.3, -0.25) is 0 Å². The Hall–Kier alpha value is -1.09. The van der Waals surface area contributed by atoms with Gasteiger partial charge in [0.05, 0.1) is 0 Å². The third-order valence-electron chi connectivity index (χ3n) is 3.84. The summed E-state index contributed by atoms with van der Waals surface area (Å²) in [6.07, 6.45) is 1.02. The Balaban J connectivity index is 2.16. The predicted molar refractivity (Wildman–Crippen MR) is 74.6 cm³/mol. The summed E-state index contributed by atoms with van der Waals surface area (Å²) < 4.78 is 13.3. The minimum Gasteiger partial charge on any atom is -0.369 e. The van der Waals surface area contributed by atoms with Gasteiger partial charge in [-0.1, -0.05) is 26.8 Å². The molecule has 1 atom stereocenters. The zero-order valence-corrected chi connectivity index (χ0v) is 11.8. The number of hydrogen-bond acceptors (Lipinski definition) is 2. The van der Waals surface area contributed by atoms with Gasteiger partial charge in [0.25, 0.3) is 0 Å². The molecule has 1 aliphatic rings. The number of likely N-dealkylation sites (N-methyl/N-ethyl adjacent to an activating group) is 1. The minimum absolute atomic E-state index is 0.141. The van der Waals surface area contributed by atoms with E-state index in [4.69, 9.17) is 0 Å². The minimum atomic E-state index is -0.141. The SMILES string of the molecule is CNC(CN1CCc2ccc(F)cc21)C(C)(C)C. The molecule has 1 aliphatic heterocycles. The van der Waals surface area contributed by atoms with Crippen molar-refractivity contribution >= 4 is 5.69 Å². The van der Waals surface area contributed by atoms with Gasteiger partial charge in [0.1, 0.15) is 5.82 Å². The molecule has 1 unspecified atom stereocenters. The Kier molecular flexibility index (Phi) is 3.62. The average molecular weight is 250 g/mol. The summed E-state index contributed by atoms with van der Waals surface area (Å²) in [5.74, 6) is -0.141. The molecule has 0 amide bonds. The molecule has 3 heteroatoms. The number of hydrogen-bond donors (Lipinski definition) is 1. The molecular formula is C15H23FN2. The van der Waals surface area contributed by atoms with Gasteiger partial charge in [0, 0.05) is 24.8 Å². The molecule has 0 aliphatic carbocycles. The Morgan fingerprint density at radius 3 is 2.72 bits per heavy atom. The molecule has 0 aromatic heterocycles. The molecule has 0 fully saturated rings. The largest absolute Gasteiger partial charge is 0.369 e. The molecule has 1 aromatic carbocycles. The van der Waals surface area contributed by atoms with E-state index in [0.717, 1.165) is 25.2 Å². The monoisotopic (exact) mass is 250 g/mol. The lowest BCUT2D eigenvalue weighted by molar-refractivity contribution is 0.284. The first-order chi connectivity index (χ1) is 8.41. The van der Waals surface area contributed by atoms with Gasteiger partial charge in [-0.2, -0.15) is 0 Å². The number of benzene rings is 1. The fourth-order valence-electron chi connectivity index (χ4n) is 2.63. The summed E-state index contributed by atoms with van der Waals surface area (Å²) in [4.78, 5) is 2.30. The third-order valence-corrected chi connectivity index (χ3v) is 3.84. The fraction of sp³-hybridized carbons (Fsp3) is 0.600. The van der Waals surface area contributed by atoms with Crippen LogP contribution in [0.3, 0.4) is 0 Å². The van der Waals surface area contributed by atoms with E-state index in [2.05, 4.69) is 31.0 Å². The summed E-state index contributed by atoms with van der Waals surface area (Å²) in [7, 11) is 2.00. The first kappa shape index (κ1) is 13.3. The van der Waals surface area contributed by atoms with Crippen molar-refractivity contribution in [3.05, 3.63) is 29.6 Å². The van der Waals surface area contributed by atoms with Crippen LogP contribution in [0.2, 0.25) is 0 Å². The van der Waals surface area contributed by atoms with Crippen LogP contribution in [0.1, 0.15) is 26.3 Å². The molecule has 1 heterocycles.